The normalized spacial score (nSPS) is 11.4. The molecule has 0 unspecified atom stereocenters. The molecule has 7 heteroatoms. The summed E-state index contributed by atoms with van der Waals surface area (Å²) in [7, 11) is -2.16. The summed E-state index contributed by atoms with van der Waals surface area (Å²) in [5.74, 6) is 0.418. The van der Waals surface area contributed by atoms with Crippen LogP contribution in [0.4, 0.5) is 0 Å². The molecule has 1 heterocycles. The van der Waals surface area contributed by atoms with Gasteiger partial charge in [-0.3, -0.25) is 0 Å². The molecule has 0 radical (unpaired) electrons. The van der Waals surface area contributed by atoms with Gasteiger partial charge < -0.3 is 9.72 Å². The molecule has 0 saturated heterocycles. The van der Waals surface area contributed by atoms with Gasteiger partial charge in [0, 0.05) is 17.6 Å². The zero-order valence-electron chi connectivity index (χ0n) is 10.1. The zero-order chi connectivity index (χ0) is 14.0. The van der Waals surface area contributed by atoms with Gasteiger partial charge in [0.05, 0.1) is 30.0 Å². The van der Waals surface area contributed by atoms with E-state index in [0.29, 0.717) is 22.2 Å². The van der Waals surface area contributed by atoms with Gasteiger partial charge in [0.25, 0.3) is 0 Å². The number of methoxy groups -OCH3 is 1. The molecular weight excluding hydrogens is 288 g/mol. The van der Waals surface area contributed by atoms with Gasteiger partial charge in [-0.05, 0) is 11.6 Å². The van der Waals surface area contributed by atoms with Crippen molar-refractivity contribution in [3.63, 3.8) is 0 Å². The molecule has 0 saturated carbocycles. The maximum Gasteiger partial charge on any atom is 0.193 e. The molecule has 0 amide bonds. The molecule has 0 fully saturated rings. The maximum atomic E-state index is 12.1. The number of sulfone groups is 1. The summed E-state index contributed by atoms with van der Waals surface area (Å²) in [6.07, 6.45) is 1.75. The molecule has 0 aliphatic heterocycles. The standard InChI is InChI=1S/C12H11ClN2O3S/c1-18-9-4-10-12(8(2-3-14)6-15-10)11(5-9)19(16,17)7-13/h4-6,15H,2,7H2,1H3. The minimum atomic E-state index is -3.61. The number of ether oxygens (including phenoxy) is 1. The lowest BCUT2D eigenvalue weighted by molar-refractivity contribution is 0.414. The molecular formula is C12H11ClN2O3S. The van der Waals surface area contributed by atoms with Crippen LogP contribution in [0, 0.1) is 11.3 Å². The summed E-state index contributed by atoms with van der Waals surface area (Å²) in [5.41, 5.74) is 1.23. The Morgan fingerprint density at radius 2 is 2.21 bits per heavy atom. The van der Waals surface area contributed by atoms with Crippen LogP contribution in [0.2, 0.25) is 0 Å². The first-order valence-electron chi connectivity index (χ1n) is 5.37. The van der Waals surface area contributed by atoms with Gasteiger partial charge in [0.15, 0.2) is 9.84 Å². The van der Waals surface area contributed by atoms with Crippen LogP contribution in [-0.4, -0.2) is 25.7 Å². The van der Waals surface area contributed by atoms with Crippen molar-refractivity contribution >= 4 is 32.3 Å². The van der Waals surface area contributed by atoms with E-state index in [2.05, 4.69) is 4.98 Å². The summed E-state index contributed by atoms with van der Waals surface area (Å²) in [4.78, 5) is 3.03. The highest BCUT2D eigenvalue weighted by Crippen LogP contribution is 2.32. The van der Waals surface area contributed by atoms with E-state index >= 15 is 0 Å². The van der Waals surface area contributed by atoms with Crippen LogP contribution in [0.5, 0.6) is 5.75 Å². The zero-order valence-corrected chi connectivity index (χ0v) is 11.7. The number of aromatic amines is 1. The van der Waals surface area contributed by atoms with Crippen LogP contribution in [0.1, 0.15) is 5.56 Å². The minimum Gasteiger partial charge on any atom is -0.497 e. The van der Waals surface area contributed by atoms with Gasteiger partial charge in [-0.1, -0.05) is 0 Å². The number of hydrogen-bond donors (Lipinski definition) is 1. The molecule has 0 spiro atoms. The topological polar surface area (TPSA) is 82.9 Å². The van der Waals surface area contributed by atoms with Crippen LogP contribution in [-0.2, 0) is 16.3 Å². The highest BCUT2D eigenvalue weighted by atomic mass is 35.5. The predicted octanol–water partition coefficient (Wildman–Crippen LogP) is 2.21. The lowest BCUT2D eigenvalue weighted by atomic mass is 10.1. The van der Waals surface area contributed by atoms with Crippen molar-refractivity contribution < 1.29 is 13.2 Å². The van der Waals surface area contributed by atoms with E-state index in [1.165, 1.54) is 13.2 Å². The van der Waals surface area contributed by atoms with E-state index in [1.54, 1.807) is 12.3 Å². The van der Waals surface area contributed by atoms with Gasteiger partial charge in [-0.2, -0.15) is 5.26 Å². The van der Waals surface area contributed by atoms with Crippen molar-refractivity contribution in [2.24, 2.45) is 0 Å². The molecule has 0 atom stereocenters. The number of H-pyrrole nitrogens is 1. The first-order valence-corrected chi connectivity index (χ1v) is 7.56. The molecule has 1 N–H and O–H groups in total. The third-order valence-electron chi connectivity index (χ3n) is 2.78. The highest BCUT2D eigenvalue weighted by Gasteiger charge is 2.21. The van der Waals surface area contributed by atoms with E-state index in [9.17, 15) is 8.42 Å². The number of nitrogens with zero attached hydrogens (tertiary/aromatic N) is 1. The summed E-state index contributed by atoms with van der Waals surface area (Å²) in [5, 5.41) is 8.77. The van der Waals surface area contributed by atoms with Crippen molar-refractivity contribution in [1.29, 1.82) is 5.26 Å². The van der Waals surface area contributed by atoms with E-state index in [-0.39, 0.29) is 11.3 Å². The smallest absolute Gasteiger partial charge is 0.193 e. The Bertz CT molecular complexity index is 759. The second-order valence-electron chi connectivity index (χ2n) is 3.92. The molecule has 2 aromatic rings. The highest BCUT2D eigenvalue weighted by molar-refractivity contribution is 7.92. The van der Waals surface area contributed by atoms with Crippen LogP contribution < -0.4 is 4.74 Å². The third-order valence-corrected chi connectivity index (χ3v) is 4.92. The van der Waals surface area contributed by atoms with Crippen molar-refractivity contribution in [2.45, 2.75) is 11.3 Å². The van der Waals surface area contributed by atoms with Crippen molar-refractivity contribution in [3.8, 4) is 11.8 Å². The summed E-state index contributed by atoms with van der Waals surface area (Å²) >= 11 is 5.52. The Kier molecular flexibility index (Phi) is 3.69. The number of fused-ring (bicyclic) bond motifs is 1. The first-order chi connectivity index (χ1) is 9.03. The Labute approximate surface area is 115 Å². The average molecular weight is 299 g/mol. The molecule has 100 valence electrons. The quantitative estimate of drug-likeness (QED) is 0.877. The number of aromatic nitrogens is 1. The van der Waals surface area contributed by atoms with E-state index in [0.717, 1.165) is 0 Å². The monoisotopic (exact) mass is 298 g/mol. The van der Waals surface area contributed by atoms with Gasteiger partial charge in [-0.25, -0.2) is 8.42 Å². The third kappa shape index (κ3) is 2.39. The van der Waals surface area contributed by atoms with Crippen molar-refractivity contribution in [1.82, 2.24) is 4.98 Å². The van der Waals surface area contributed by atoms with Crippen LogP contribution in [0.25, 0.3) is 10.9 Å². The predicted molar refractivity (Wildman–Crippen MR) is 72.1 cm³/mol. The van der Waals surface area contributed by atoms with Crippen LogP contribution >= 0.6 is 11.6 Å². The average Bonchev–Trinajstić information content (AvgIpc) is 2.81. The van der Waals surface area contributed by atoms with Crippen LogP contribution in [0.15, 0.2) is 23.2 Å². The van der Waals surface area contributed by atoms with Gasteiger partial charge in [0.2, 0.25) is 0 Å². The number of hydrogen-bond acceptors (Lipinski definition) is 4. The van der Waals surface area contributed by atoms with E-state index < -0.39 is 15.0 Å². The van der Waals surface area contributed by atoms with Gasteiger partial charge in [-0.15, -0.1) is 11.6 Å². The Morgan fingerprint density at radius 3 is 2.79 bits per heavy atom. The fraction of sp³-hybridized carbons (Fsp3) is 0.250. The van der Waals surface area contributed by atoms with Gasteiger partial charge >= 0.3 is 0 Å². The lowest BCUT2D eigenvalue weighted by Crippen LogP contribution is -2.04. The lowest BCUT2D eigenvalue weighted by Gasteiger charge is -2.07. The minimum absolute atomic E-state index is 0.0864. The SMILES string of the molecule is COc1cc(S(=O)(=O)CCl)c2c(CC#N)c[nH]c2c1. The number of benzene rings is 1. The Hall–Kier alpha value is -1.71. The number of halogens is 1. The second kappa shape index (κ2) is 5.11. The molecule has 0 aliphatic carbocycles. The number of alkyl halides is 1. The Morgan fingerprint density at radius 1 is 1.47 bits per heavy atom. The maximum absolute atomic E-state index is 12.1. The second-order valence-corrected chi connectivity index (χ2v) is 6.46. The van der Waals surface area contributed by atoms with E-state index in [1.807, 2.05) is 6.07 Å². The molecule has 5 nitrogen and oxygen atoms in total. The van der Waals surface area contributed by atoms with E-state index in [4.69, 9.17) is 21.6 Å². The number of nitriles is 1. The fourth-order valence-electron chi connectivity index (χ4n) is 1.92. The summed E-state index contributed by atoms with van der Waals surface area (Å²) < 4.78 is 29.2. The molecule has 19 heavy (non-hydrogen) atoms. The Balaban J connectivity index is 2.85. The van der Waals surface area contributed by atoms with Crippen molar-refractivity contribution in [2.75, 3.05) is 12.3 Å². The first kappa shape index (κ1) is 13.7. The number of rotatable bonds is 4. The summed E-state index contributed by atoms with van der Waals surface area (Å²) in [6.45, 7) is 0. The number of nitrogens with one attached hydrogen (secondary N) is 1. The molecule has 1 aromatic heterocycles. The summed E-state index contributed by atoms with van der Waals surface area (Å²) in [6, 6.07) is 5.12. The molecule has 1 aromatic carbocycles. The van der Waals surface area contributed by atoms with Crippen LogP contribution in [0.3, 0.4) is 0 Å². The largest absolute Gasteiger partial charge is 0.497 e. The molecule has 0 aliphatic rings. The molecule has 2 rings (SSSR count). The van der Waals surface area contributed by atoms with Crippen molar-refractivity contribution in [3.05, 3.63) is 23.9 Å². The molecule has 0 bridgehead atoms. The fourth-order valence-corrected chi connectivity index (χ4v) is 3.24. The van der Waals surface area contributed by atoms with Gasteiger partial charge in [0.1, 0.15) is 11.0 Å².